The first kappa shape index (κ1) is 17.1. The van der Waals surface area contributed by atoms with Gasteiger partial charge in [-0.15, -0.1) is 11.3 Å². The van der Waals surface area contributed by atoms with Crippen LogP contribution in [0.3, 0.4) is 0 Å². The lowest BCUT2D eigenvalue weighted by Gasteiger charge is -2.08. The molecule has 2 aromatic carbocycles. The van der Waals surface area contributed by atoms with E-state index in [2.05, 4.69) is 10.0 Å². The van der Waals surface area contributed by atoms with Gasteiger partial charge in [0.15, 0.2) is 0 Å². The Bertz CT molecular complexity index is 985. The predicted molar refractivity (Wildman–Crippen MR) is 95.9 cm³/mol. The SMILES string of the molecule is O=C(Nc1cccc(F)c1)c1ccc(NS(=O)(=O)c2cccs2)cc1. The van der Waals surface area contributed by atoms with E-state index in [0.717, 1.165) is 11.3 Å². The van der Waals surface area contributed by atoms with Gasteiger partial charge in [-0.25, -0.2) is 12.8 Å². The minimum atomic E-state index is -3.63. The van der Waals surface area contributed by atoms with Gasteiger partial charge < -0.3 is 5.32 Å². The van der Waals surface area contributed by atoms with Gasteiger partial charge in [0.2, 0.25) is 0 Å². The van der Waals surface area contributed by atoms with E-state index in [1.807, 2.05) is 0 Å². The molecule has 0 spiro atoms. The van der Waals surface area contributed by atoms with Crippen LogP contribution in [-0.4, -0.2) is 14.3 Å². The zero-order valence-electron chi connectivity index (χ0n) is 12.8. The largest absolute Gasteiger partial charge is 0.322 e. The predicted octanol–water partition coefficient (Wildman–Crippen LogP) is 3.94. The van der Waals surface area contributed by atoms with Crippen molar-refractivity contribution in [1.29, 1.82) is 0 Å². The van der Waals surface area contributed by atoms with E-state index in [1.54, 1.807) is 17.5 Å². The summed E-state index contributed by atoms with van der Waals surface area (Å²) in [6, 6.07) is 14.7. The van der Waals surface area contributed by atoms with Gasteiger partial charge in [0, 0.05) is 16.9 Å². The molecule has 5 nitrogen and oxygen atoms in total. The number of halogens is 1. The van der Waals surface area contributed by atoms with Crippen LogP contribution in [0.5, 0.6) is 0 Å². The third-order valence-corrected chi connectivity index (χ3v) is 6.02. The van der Waals surface area contributed by atoms with E-state index in [1.165, 1.54) is 48.5 Å². The highest BCUT2D eigenvalue weighted by atomic mass is 32.2. The van der Waals surface area contributed by atoms with Crippen LogP contribution in [0, 0.1) is 5.82 Å². The second-order valence-electron chi connectivity index (χ2n) is 5.08. The fraction of sp³-hybridized carbons (Fsp3) is 0. The van der Waals surface area contributed by atoms with Crippen molar-refractivity contribution in [3.63, 3.8) is 0 Å². The van der Waals surface area contributed by atoms with Gasteiger partial charge in [-0.1, -0.05) is 12.1 Å². The molecule has 128 valence electrons. The Labute approximate surface area is 148 Å². The van der Waals surface area contributed by atoms with Gasteiger partial charge in [0.1, 0.15) is 10.0 Å². The summed E-state index contributed by atoms with van der Waals surface area (Å²) < 4.78 is 40.1. The quantitative estimate of drug-likeness (QED) is 0.708. The number of nitrogens with one attached hydrogen (secondary N) is 2. The number of rotatable bonds is 5. The maximum absolute atomic E-state index is 13.1. The maximum atomic E-state index is 13.1. The Morgan fingerprint density at radius 1 is 0.960 bits per heavy atom. The highest BCUT2D eigenvalue weighted by molar-refractivity contribution is 7.94. The number of carbonyl (C=O) groups excluding carboxylic acids is 1. The zero-order chi connectivity index (χ0) is 17.9. The van der Waals surface area contributed by atoms with Gasteiger partial charge >= 0.3 is 0 Å². The van der Waals surface area contributed by atoms with Crippen LogP contribution in [0.4, 0.5) is 15.8 Å². The standard InChI is InChI=1S/C17H13FN2O3S2/c18-13-3-1-4-15(11-13)19-17(21)12-6-8-14(9-7-12)20-25(22,23)16-5-2-10-24-16/h1-11,20H,(H,19,21). The van der Waals surface area contributed by atoms with Crippen LogP contribution >= 0.6 is 11.3 Å². The summed E-state index contributed by atoms with van der Waals surface area (Å²) in [7, 11) is -3.63. The van der Waals surface area contributed by atoms with Crippen LogP contribution in [0.1, 0.15) is 10.4 Å². The fourth-order valence-electron chi connectivity index (χ4n) is 2.08. The summed E-state index contributed by atoms with van der Waals surface area (Å²) >= 11 is 1.11. The molecular weight excluding hydrogens is 363 g/mol. The molecule has 0 aliphatic carbocycles. The average molecular weight is 376 g/mol. The molecule has 1 aromatic heterocycles. The molecule has 0 fully saturated rings. The number of hydrogen-bond donors (Lipinski definition) is 2. The van der Waals surface area contributed by atoms with E-state index in [-0.39, 0.29) is 4.21 Å². The van der Waals surface area contributed by atoms with Crippen LogP contribution < -0.4 is 10.0 Å². The first-order valence-corrected chi connectivity index (χ1v) is 9.54. The molecule has 0 unspecified atom stereocenters. The summed E-state index contributed by atoms with van der Waals surface area (Å²) in [5, 5.41) is 4.25. The molecule has 3 rings (SSSR count). The molecule has 2 N–H and O–H groups in total. The Hall–Kier alpha value is -2.71. The first-order chi connectivity index (χ1) is 11.9. The first-order valence-electron chi connectivity index (χ1n) is 7.17. The van der Waals surface area contributed by atoms with Crippen molar-refractivity contribution in [2.24, 2.45) is 0 Å². The molecule has 0 aliphatic heterocycles. The third-order valence-electron chi connectivity index (χ3n) is 3.24. The van der Waals surface area contributed by atoms with Crippen molar-refractivity contribution in [3.05, 3.63) is 77.4 Å². The molecular formula is C17H13FN2O3S2. The van der Waals surface area contributed by atoms with Crippen molar-refractivity contribution in [3.8, 4) is 0 Å². The van der Waals surface area contributed by atoms with Crippen molar-refractivity contribution >= 4 is 38.6 Å². The van der Waals surface area contributed by atoms with E-state index in [0.29, 0.717) is 16.9 Å². The van der Waals surface area contributed by atoms with E-state index >= 15 is 0 Å². The van der Waals surface area contributed by atoms with Gasteiger partial charge in [0.25, 0.3) is 15.9 Å². The van der Waals surface area contributed by atoms with Crippen LogP contribution in [0.2, 0.25) is 0 Å². The number of amides is 1. The Balaban J connectivity index is 1.71. The normalized spacial score (nSPS) is 11.1. The zero-order valence-corrected chi connectivity index (χ0v) is 14.4. The maximum Gasteiger partial charge on any atom is 0.271 e. The molecule has 0 aliphatic rings. The van der Waals surface area contributed by atoms with E-state index < -0.39 is 21.7 Å². The monoisotopic (exact) mass is 376 g/mol. The van der Waals surface area contributed by atoms with Crippen LogP contribution in [-0.2, 0) is 10.0 Å². The highest BCUT2D eigenvalue weighted by Gasteiger charge is 2.15. The molecule has 0 saturated carbocycles. The molecule has 1 amide bonds. The number of hydrogen-bond acceptors (Lipinski definition) is 4. The van der Waals surface area contributed by atoms with E-state index in [9.17, 15) is 17.6 Å². The summed E-state index contributed by atoms with van der Waals surface area (Å²) in [5.74, 6) is -0.866. The van der Waals surface area contributed by atoms with Crippen LogP contribution in [0.25, 0.3) is 0 Å². The van der Waals surface area contributed by atoms with E-state index in [4.69, 9.17) is 0 Å². The summed E-state index contributed by atoms with van der Waals surface area (Å²) in [4.78, 5) is 12.1. The van der Waals surface area contributed by atoms with Gasteiger partial charge in [0.05, 0.1) is 0 Å². The van der Waals surface area contributed by atoms with Gasteiger partial charge in [-0.3, -0.25) is 9.52 Å². The second-order valence-corrected chi connectivity index (χ2v) is 7.94. The molecule has 0 radical (unpaired) electrons. The van der Waals surface area contributed by atoms with Crippen molar-refractivity contribution < 1.29 is 17.6 Å². The molecule has 0 saturated heterocycles. The molecule has 0 atom stereocenters. The number of anilines is 2. The third kappa shape index (κ3) is 4.23. The second kappa shape index (κ2) is 7.04. The van der Waals surface area contributed by atoms with Crippen molar-refractivity contribution in [2.75, 3.05) is 10.0 Å². The molecule has 8 heteroatoms. The molecule has 3 aromatic rings. The summed E-state index contributed by atoms with van der Waals surface area (Å²) in [5.41, 5.74) is 1.01. The number of benzene rings is 2. The van der Waals surface area contributed by atoms with Crippen molar-refractivity contribution in [2.45, 2.75) is 4.21 Å². The summed E-state index contributed by atoms with van der Waals surface area (Å²) in [6.07, 6.45) is 0. The Morgan fingerprint density at radius 2 is 1.72 bits per heavy atom. The average Bonchev–Trinajstić information content (AvgIpc) is 3.10. The Kier molecular flexibility index (Phi) is 4.82. The van der Waals surface area contributed by atoms with Crippen LogP contribution in [0.15, 0.2) is 70.3 Å². The molecule has 1 heterocycles. The molecule has 0 bridgehead atoms. The fourth-order valence-corrected chi connectivity index (χ4v) is 4.13. The molecule has 25 heavy (non-hydrogen) atoms. The lowest BCUT2D eigenvalue weighted by atomic mass is 10.2. The topological polar surface area (TPSA) is 75.3 Å². The lowest BCUT2D eigenvalue weighted by molar-refractivity contribution is 0.102. The van der Waals surface area contributed by atoms with Crippen molar-refractivity contribution in [1.82, 2.24) is 0 Å². The number of carbonyl (C=O) groups is 1. The van der Waals surface area contributed by atoms with Gasteiger partial charge in [-0.2, -0.15) is 0 Å². The Morgan fingerprint density at radius 3 is 2.36 bits per heavy atom. The van der Waals surface area contributed by atoms with Gasteiger partial charge in [-0.05, 0) is 53.9 Å². The number of thiophene rings is 1. The highest BCUT2D eigenvalue weighted by Crippen LogP contribution is 2.20. The summed E-state index contributed by atoms with van der Waals surface area (Å²) in [6.45, 7) is 0. The minimum absolute atomic E-state index is 0.209. The number of sulfonamides is 1. The lowest BCUT2D eigenvalue weighted by Crippen LogP contribution is -2.13. The minimum Gasteiger partial charge on any atom is -0.322 e. The smallest absolute Gasteiger partial charge is 0.271 e.